The summed E-state index contributed by atoms with van der Waals surface area (Å²) in [6.07, 6.45) is 1.98. The SMILES string of the molecule is CCN(CC)C[C@@H](O)COc1ccc(CN2CCC(C)(C)CC2)cc1OC. The van der Waals surface area contributed by atoms with Crippen LogP contribution in [0, 0.1) is 5.41 Å². The molecule has 1 aliphatic heterocycles. The molecule has 1 aromatic carbocycles. The number of aliphatic hydroxyl groups excluding tert-OH is 1. The smallest absolute Gasteiger partial charge is 0.161 e. The second-order valence-electron chi connectivity index (χ2n) is 8.38. The molecule has 0 saturated carbocycles. The van der Waals surface area contributed by atoms with Gasteiger partial charge in [-0.15, -0.1) is 0 Å². The molecule has 0 unspecified atom stereocenters. The van der Waals surface area contributed by atoms with Crippen LogP contribution in [0.5, 0.6) is 11.5 Å². The van der Waals surface area contributed by atoms with Gasteiger partial charge in [0.15, 0.2) is 11.5 Å². The van der Waals surface area contributed by atoms with E-state index in [1.807, 2.05) is 6.07 Å². The van der Waals surface area contributed by atoms with Crippen LogP contribution >= 0.6 is 0 Å². The summed E-state index contributed by atoms with van der Waals surface area (Å²) in [6.45, 7) is 14.9. The second-order valence-corrected chi connectivity index (χ2v) is 8.38. The minimum absolute atomic E-state index is 0.271. The van der Waals surface area contributed by atoms with Crippen LogP contribution in [-0.2, 0) is 6.54 Å². The van der Waals surface area contributed by atoms with E-state index in [0.29, 0.717) is 17.7 Å². The minimum atomic E-state index is -0.508. The molecule has 2 rings (SSSR count). The van der Waals surface area contributed by atoms with E-state index in [-0.39, 0.29) is 6.61 Å². The maximum Gasteiger partial charge on any atom is 0.161 e. The van der Waals surface area contributed by atoms with Gasteiger partial charge in [0.25, 0.3) is 0 Å². The predicted octanol–water partition coefficient (Wildman–Crippen LogP) is 3.40. The van der Waals surface area contributed by atoms with E-state index < -0.39 is 6.10 Å². The lowest BCUT2D eigenvalue weighted by atomic mass is 9.82. The van der Waals surface area contributed by atoms with E-state index in [1.54, 1.807) is 7.11 Å². The Morgan fingerprint density at radius 3 is 2.41 bits per heavy atom. The number of rotatable bonds is 10. The lowest BCUT2D eigenvalue weighted by Crippen LogP contribution is -2.36. The number of piperidine rings is 1. The van der Waals surface area contributed by atoms with Crippen LogP contribution in [0.4, 0.5) is 0 Å². The van der Waals surface area contributed by atoms with Crippen molar-refractivity contribution in [3.63, 3.8) is 0 Å². The molecule has 27 heavy (non-hydrogen) atoms. The molecule has 0 radical (unpaired) electrons. The topological polar surface area (TPSA) is 45.2 Å². The van der Waals surface area contributed by atoms with Crippen molar-refractivity contribution in [2.75, 3.05) is 46.4 Å². The summed E-state index contributed by atoms with van der Waals surface area (Å²) in [5.74, 6) is 1.43. The first-order valence-electron chi connectivity index (χ1n) is 10.3. The molecule has 5 heteroatoms. The third-order valence-corrected chi connectivity index (χ3v) is 5.64. The first-order valence-corrected chi connectivity index (χ1v) is 10.3. The maximum atomic E-state index is 10.2. The van der Waals surface area contributed by atoms with Gasteiger partial charge in [-0.25, -0.2) is 0 Å². The number of methoxy groups -OCH3 is 1. The highest BCUT2D eigenvalue weighted by Gasteiger charge is 2.25. The van der Waals surface area contributed by atoms with E-state index >= 15 is 0 Å². The third-order valence-electron chi connectivity index (χ3n) is 5.64. The van der Waals surface area contributed by atoms with Crippen molar-refractivity contribution in [2.45, 2.75) is 53.2 Å². The lowest BCUT2D eigenvalue weighted by Gasteiger charge is -2.37. The number of ether oxygens (including phenoxy) is 2. The molecule has 1 N–H and O–H groups in total. The van der Waals surface area contributed by atoms with Crippen LogP contribution in [0.15, 0.2) is 18.2 Å². The molecule has 0 aromatic heterocycles. The predicted molar refractivity (Wildman–Crippen MR) is 111 cm³/mol. The normalized spacial score (nSPS) is 18.5. The van der Waals surface area contributed by atoms with Crippen molar-refractivity contribution in [2.24, 2.45) is 5.41 Å². The fraction of sp³-hybridized carbons (Fsp3) is 0.727. The zero-order valence-corrected chi connectivity index (χ0v) is 17.8. The first-order chi connectivity index (χ1) is 12.9. The van der Waals surface area contributed by atoms with E-state index in [0.717, 1.165) is 38.5 Å². The fourth-order valence-corrected chi connectivity index (χ4v) is 3.52. The van der Waals surface area contributed by atoms with Gasteiger partial charge < -0.3 is 19.5 Å². The highest BCUT2D eigenvalue weighted by Crippen LogP contribution is 2.32. The average molecular weight is 379 g/mol. The monoisotopic (exact) mass is 378 g/mol. The number of nitrogens with zero attached hydrogens (tertiary/aromatic N) is 2. The minimum Gasteiger partial charge on any atom is -0.493 e. The summed E-state index contributed by atoms with van der Waals surface area (Å²) in [5, 5.41) is 10.2. The Balaban J connectivity index is 1.90. The molecule has 1 saturated heterocycles. The number of likely N-dealkylation sites (N-methyl/N-ethyl adjacent to an activating group) is 1. The largest absolute Gasteiger partial charge is 0.493 e. The average Bonchev–Trinajstić information content (AvgIpc) is 2.66. The molecule has 5 nitrogen and oxygen atoms in total. The van der Waals surface area contributed by atoms with Crippen molar-refractivity contribution in [1.82, 2.24) is 9.80 Å². The van der Waals surface area contributed by atoms with Gasteiger partial charge in [-0.1, -0.05) is 33.8 Å². The fourth-order valence-electron chi connectivity index (χ4n) is 3.52. The van der Waals surface area contributed by atoms with Gasteiger partial charge in [-0.05, 0) is 62.1 Å². The van der Waals surface area contributed by atoms with Crippen molar-refractivity contribution >= 4 is 0 Å². The Morgan fingerprint density at radius 2 is 1.81 bits per heavy atom. The van der Waals surface area contributed by atoms with Crippen LogP contribution in [-0.4, -0.2) is 67.5 Å². The quantitative estimate of drug-likeness (QED) is 0.676. The molecule has 0 amide bonds. The number of likely N-dealkylation sites (tertiary alicyclic amines) is 1. The van der Waals surface area contributed by atoms with Crippen LogP contribution in [0.1, 0.15) is 46.1 Å². The van der Waals surface area contributed by atoms with Crippen LogP contribution in [0.2, 0.25) is 0 Å². The van der Waals surface area contributed by atoms with E-state index in [1.165, 1.54) is 18.4 Å². The van der Waals surface area contributed by atoms with Crippen LogP contribution in [0.25, 0.3) is 0 Å². The van der Waals surface area contributed by atoms with Gasteiger partial charge in [0.05, 0.1) is 7.11 Å². The summed E-state index contributed by atoms with van der Waals surface area (Å²) >= 11 is 0. The number of aliphatic hydroxyl groups is 1. The van der Waals surface area contributed by atoms with Crippen molar-refractivity contribution in [3.8, 4) is 11.5 Å². The van der Waals surface area contributed by atoms with Gasteiger partial charge in [-0.3, -0.25) is 4.90 Å². The summed E-state index contributed by atoms with van der Waals surface area (Å²) in [7, 11) is 1.67. The molecule has 0 bridgehead atoms. The number of benzene rings is 1. The van der Waals surface area contributed by atoms with Crippen molar-refractivity contribution in [3.05, 3.63) is 23.8 Å². The van der Waals surface area contributed by atoms with Crippen LogP contribution in [0.3, 0.4) is 0 Å². The zero-order chi connectivity index (χ0) is 19.9. The Hall–Kier alpha value is -1.30. The van der Waals surface area contributed by atoms with Crippen molar-refractivity contribution < 1.29 is 14.6 Å². The molecule has 1 aromatic rings. The first kappa shape index (κ1) is 22.0. The van der Waals surface area contributed by atoms with Crippen LogP contribution < -0.4 is 9.47 Å². The molecule has 154 valence electrons. The van der Waals surface area contributed by atoms with E-state index in [2.05, 4.69) is 49.6 Å². The molecule has 0 aliphatic carbocycles. The molecule has 1 heterocycles. The van der Waals surface area contributed by atoms with E-state index in [9.17, 15) is 5.11 Å². The van der Waals surface area contributed by atoms with Gasteiger partial charge >= 0.3 is 0 Å². The Labute approximate surface area is 165 Å². The highest BCUT2D eigenvalue weighted by molar-refractivity contribution is 5.43. The molecule has 1 fully saturated rings. The summed E-state index contributed by atoms with van der Waals surface area (Å²) in [5.41, 5.74) is 1.71. The lowest BCUT2D eigenvalue weighted by molar-refractivity contribution is 0.0705. The molecular formula is C22H38N2O3. The van der Waals surface area contributed by atoms with Crippen molar-refractivity contribution in [1.29, 1.82) is 0 Å². The Morgan fingerprint density at radius 1 is 1.15 bits per heavy atom. The maximum absolute atomic E-state index is 10.2. The third kappa shape index (κ3) is 6.98. The summed E-state index contributed by atoms with van der Waals surface area (Å²) in [4.78, 5) is 4.70. The molecule has 1 aliphatic rings. The van der Waals surface area contributed by atoms with Gasteiger partial charge in [0, 0.05) is 13.1 Å². The number of hydrogen-bond acceptors (Lipinski definition) is 5. The van der Waals surface area contributed by atoms with Gasteiger partial charge in [0.1, 0.15) is 12.7 Å². The highest BCUT2D eigenvalue weighted by atomic mass is 16.5. The summed E-state index contributed by atoms with van der Waals surface area (Å²) in [6, 6.07) is 6.13. The number of hydrogen-bond donors (Lipinski definition) is 1. The molecule has 0 spiro atoms. The molecule has 1 atom stereocenters. The summed E-state index contributed by atoms with van der Waals surface area (Å²) < 4.78 is 11.4. The zero-order valence-electron chi connectivity index (χ0n) is 17.8. The Bertz CT molecular complexity index is 563. The van der Waals surface area contributed by atoms with Gasteiger partial charge in [-0.2, -0.15) is 0 Å². The Kier molecular flexibility index (Phi) is 8.39. The van der Waals surface area contributed by atoms with Gasteiger partial charge in [0.2, 0.25) is 0 Å². The standard InChI is InChI=1S/C22H38N2O3/c1-6-23(7-2)16-19(25)17-27-20-9-8-18(14-21(20)26-5)15-24-12-10-22(3,4)11-13-24/h8-9,14,19,25H,6-7,10-13,15-17H2,1-5H3/t19-/m1/s1. The van der Waals surface area contributed by atoms with E-state index in [4.69, 9.17) is 9.47 Å². The second kappa shape index (κ2) is 10.3. The molecular weight excluding hydrogens is 340 g/mol.